The van der Waals surface area contributed by atoms with E-state index in [1.165, 1.54) is 0 Å². The lowest BCUT2D eigenvalue weighted by Gasteiger charge is -2.48. The van der Waals surface area contributed by atoms with Crippen molar-refractivity contribution in [2.75, 3.05) is 13.7 Å². The Morgan fingerprint density at radius 3 is 2.57 bits per heavy atom. The summed E-state index contributed by atoms with van der Waals surface area (Å²) in [5, 5.41) is 0.151. The van der Waals surface area contributed by atoms with Crippen LogP contribution in [-0.2, 0) is 14.0 Å². The van der Waals surface area contributed by atoms with Gasteiger partial charge in [0, 0.05) is 13.7 Å². The second-order valence-corrected chi connectivity index (χ2v) is 12.1. The Bertz CT molecular complexity index is 490. The molecule has 0 radical (unpaired) electrons. The Hall–Kier alpha value is -1.07. The SMILES string of the molecule is C=C(O[Si](C)(C)C(C)(C)C)C1=C[C@H]2[C@@H](OC)C(=O)N2CC1. The largest absolute Gasteiger partial charge is 0.544 e. The van der Waals surface area contributed by atoms with E-state index >= 15 is 0 Å². The van der Waals surface area contributed by atoms with Gasteiger partial charge in [-0.25, -0.2) is 0 Å². The van der Waals surface area contributed by atoms with Crippen LogP contribution >= 0.6 is 0 Å². The number of rotatable bonds is 4. The van der Waals surface area contributed by atoms with Crippen LogP contribution in [0.3, 0.4) is 0 Å². The molecular weight excluding hydrogens is 282 g/mol. The summed E-state index contributed by atoms with van der Waals surface area (Å²) in [4.78, 5) is 13.6. The number of carbonyl (C=O) groups excluding carboxylic acids is 1. The van der Waals surface area contributed by atoms with Crippen LogP contribution in [-0.4, -0.2) is 44.9 Å². The summed E-state index contributed by atoms with van der Waals surface area (Å²) in [5.74, 6) is 0.865. The zero-order chi connectivity index (χ0) is 16.0. The average Bonchev–Trinajstić information content (AvgIpc) is 2.36. The highest BCUT2D eigenvalue weighted by molar-refractivity contribution is 6.74. The molecule has 0 bridgehead atoms. The number of fused-ring (bicyclic) bond motifs is 1. The minimum Gasteiger partial charge on any atom is -0.544 e. The number of amides is 1. The quantitative estimate of drug-likeness (QED) is 0.455. The van der Waals surface area contributed by atoms with Gasteiger partial charge in [0.1, 0.15) is 0 Å². The maximum Gasteiger partial charge on any atom is 0.254 e. The van der Waals surface area contributed by atoms with Crippen molar-refractivity contribution in [3.8, 4) is 0 Å². The van der Waals surface area contributed by atoms with Gasteiger partial charge >= 0.3 is 0 Å². The van der Waals surface area contributed by atoms with Crippen molar-refractivity contribution in [2.24, 2.45) is 0 Å². The van der Waals surface area contributed by atoms with Crippen LogP contribution in [0.2, 0.25) is 18.1 Å². The normalized spacial score (nSPS) is 25.9. The standard InChI is InChI=1S/C16H27NO3Si/c1-11(20-21(6,7)16(2,3)4)12-8-9-17-13(10-12)14(19-5)15(17)18/h10,13-14H,1,8-9H2,2-7H3/t13-,14+/m0/s1. The van der Waals surface area contributed by atoms with Crippen molar-refractivity contribution in [3.05, 3.63) is 24.0 Å². The molecule has 0 spiro atoms. The minimum atomic E-state index is -1.86. The van der Waals surface area contributed by atoms with E-state index in [0.29, 0.717) is 0 Å². The molecule has 1 fully saturated rings. The van der Waals surface area contributed by atoms with E-state index in [9.17, 15) is 4.79 Å². The number of ether oxygens (including phenoxy) is 1. The number of nitrogens with zero attached hydrogens (tertiary/aromatic N) is 1. The highest BCUT2D eigenvalue weighted by Crippen LogP contribution is 2.40. The van der Waals surface area contributed by atoms with Crippen LogP contribution < -0.4 is 0 Å². The van der Waals surface area contributed by atoms with Gasteiger partial charge in [0.25, 0.3) is 5.91 Å². The molecule has 4 nitrogen and oxygen atoms in total. The summed E-state index contributed by atoms with van der Waals surface area (Å²) in [5.41, 5.74) is 1.12. The fraction of sp³-hybridized carbons (Fsp3) is 0.688. The van der Waals surface area contributed by atoms with Crippen LogP contribution in [0, 0.1) is 0 Å². The third-order valence-electron chi connectivity index (χ3n) is 4.99. The Balaban J connectivity index is 2.09. The second-order valence-electron chi connectivity index (χ2n) is 7.41. The third kappa shape index (κ3) is 2.81. The first-order valence-corrected chi connectivity index (χ1v) is 10.4. The summed E-state index contributed by atoms with van der Waals surface area (Å²) in [6, 6.07) is 0.0472. The summed E-state index contributed by atoms with van der Waals surface area (Å²) < 4.78 is 11.5. The second kappa shape index (κ2) is 5.28. The lowest BCUT2D eigenvalue weighted by molar-refractivity contribution is -0.166. The monoisotopic (exact) mass is 309 g/mol. The van der Waals surface area contributed by atoms with E-state index in [1.807, 2.05) is 4.90 Å². The van der Waals surface area contributed by atoms with E-state index in [0.717, 1.165) is 24.3 Å². The van der Waals surface area contributed by atoms with Gasteiger partial charge in [-0.15, -0.1) is 0 Å². The van der Waals surface area contributed by atoms with E-state index in [-0.39, 0.29) is 23.1 Å². The number of hydrogen-bond acceptors (Lipinski definition) is 3. The molecule has 1 amide bonds. The van der Waals surface area contributed by atoms with Crippen LogP contribution in [0.5, 0.6) is 0 Å². The van der Waals surface area contributed by atoms with Crippen molar-refractivity contribution in [3.63, 3.8) is 0 Å². The van der Waals surface area contributed by atoms with Gasteiger partial charge in [0.2, 0.25) is 8.32 Å². The van der Waals surface area contributed by atoms with E-state index in [4.69, 9.17) is 9.16 Å². The summed E-state index contributed by atoms with van der Waals surface area (Å²) in [6.45, 7) is 16.0. The topological polar surface area (TPSA) is 38.8 Å². The first-order chi connectivity index (χ1) is 9.58. The summed E-state index contributed by atoms with van der Waals surface area (Å²) in [6.07, 6.45) is 2.57. The minimum absolute atomic E-state index is 0.0472. The smallest absolute Gasteiger partial charge is 0.254 e. The fourth-order valence-electron chi connectivity index (χ4n) is 2.50. The van der Waals surface area contributed by atoms with Gasteiger partial charge in [-0.3, -0.25) is 4.79 Å². The highest BCUT2D eigenvalue weighted by atomic mass is 28.4. The lowest BCUT2D eigenvalue weighted by Crippen LogP contribution is -2.65. The molecular formula is C16H27NO3Si. The molecule has 2 rings (SSSR count). The van der Waals surface area contributed by atoms with Gasteiger partial charge < -0.3 is 14.1 Å². The van der Waals surface area contributed by atoms with Gasteiger partial charge in [-0.2, -0.15) is 0 Å². The zero-order valence-corrected chi connectivity index (χ0v) is 15.0. The maximum absolute atomic E-state index is 11.8. The highest BCUT2D eigenvalue weighted by Gasteiger charge is 2.48. The average molecular weight is 309 g/mol. The molecule has 2 heterocycles. The van der Waals surface area contributed by atoms with Crippen molar-refractivity contribution in [1.29, 1.82) is 0 Å². The molecule has 0 aromatic heterocycles. The molecule has 0 N–H and O–H groups in total. The molecule has 118 valence electrons. The van der Waals surface area contributed by atoms with Crippen LogP contribution in [0.1, 0.15) is 27.2 Å². The van der Waals surface area contributed by atoms with E-state index in [1.54, 1.807) is 7.11 Å². The van der Waals surface area contributed by atoms with E-state index < -0.39 is 8.32 Å². The Morgan fingerprint density at radius 1 is 1.43 bits per heavy atom. The van der Waals surface area contributed by atoms with Crippen LogP contribution in [0.15, 0.2) is 24.0 Å². The molecule has 0 aromatic rings. The molecule has 1 saturated heterocycles. The Labute approximate surface area is 128 Å². The molecule has 2 aliphatic rings. The van der Waals surface area contributed by atoms with Crippen molar-refractivity contribution >= 4 is 14.2 Å². The predicted molar refractivity (Wildman–Crippen MR) is 86.4 cm³/mol. The van der Waals surface area contributed by atoms with Crippen LogP contribution in [0.25, 0.3) is 0 Å². The van der Waals surface area contributed by atoms with Crippen molar-refractivity contribution < 1.29 is 14.0 Å². The molecule has 5 heteroatoms. The first-order valence-electron chi connectivity index (χ1n) is 7.51. The Morgan fingerprint density at radius 2 is 2.05 bits per heavy atom. The first kappa shape index (κ1) is 16.3. The van der Waals surface area contributed by atoms with Crippen LogP contribution in [0.4, 0.5) is 0 Å². The number of carbonyl (C=O) groups is 1. The molecule has 0 unspecified atom stereocenters. The molecule has 2 aliphatic heterocycles. The van der Waals surface area contributed by atoms with Gasteiger partial charge in [-0.1, -0.05) is 33.4 Å². The maximum atomic E-state index is 11.8. The lowest BCUT2D eigenvalue weighted by atomic mass is 9.89. The molecule has 0 aliphatic carbocycles. The van der Waals surface area contributed by atoms with Gasteiger partial charge in [0.05, 0.1) is 11.8 Å². The Kier molecular flexibility index (Phi) is 4.10. The molecule has 2 atom stereocenters. The number of allylic oxidation sites excluding steroid dienone is 1. The summed E-state index contributed by atoms with van der Waals surface area (Å²) in [7, 11) is -0.278. The number of methoxy groups -OCH3 is 1. The zero-order valence-electron chi connectivity index (χ0n) is 14.0. The molecule has 21 heavy (non-hydrogen) atoms. The van der Waals surface area contributed by atoms with Crippen molar-refractivity contribution in [2.45, 2.75) is 57.5 Å². The molecule has 0 saturated carbocycles. The third-order valence-corrected chi connectivity index (χ3v) is 9.36. The van der Waals surface area contributed by atoms with E-state index in [2.05, 4.69) is 46.5 Å². The predicted octanol–water partition coefficient (Wildman–Crippen LogP) is 3.08. The summed E-state index contributed by atoms with van der Waals surface area (Å²) >= 11 is 0. The fourth-order valence-corrected chi connectivity index (χ4v) is 3.56. The number of β-lactam (4-membered cyclic amide) rings is 1. The number of hydrogen-bond donors (Lipinski definition) is 0. The van der Waals surface area contributed by atoms with Crippen molar-refractivity contribution in [1.82, 2.24) is 4.90 Å². The van der Waals surface area contributed by atoms with Gasteiger partial charge in [-0.05, 0) is 30.1 Å². The van der Waals surface area contributed by atoms with Gasteiger partial charge in [0.15, 0.2) is 6.10 Å². The molecule has 0 aromatic carbocycles.